The smallest absolute Gasteiger partial charge is 0.337 e. The molecule has 0 spiro atoms. The van der Waals surface area contributed by atoms with Gasteiger partial charge in [-0.05, 0) is 83.8 Å². The number of rotatable bonds is 3. The summed E-state index contributed by atoms with van der Waals surface area (Å²) in [4.78, 5) is 53.9. The normalized spacial score (nSPS) is 17.6. The first-order chi connectivity index (χ1) is 23.2. The summed E-state index contributed by atoms with van der Waals surface area (Å²) in [6, 6.07) is 23.8. The van der Waals surface area contributed by atoms with E-state index in [9.17, 15) is 19.2 Å². The summed E-state index contributed by atoms with van der Waals surface area (Å²) in [6.45, 7) is 2.32. The molecule has 11 heteroatoms. The van der Waals surface area contributed by atoms with Crippen molar-refractivity contribution in [1.29, 1.82) is 0 Å². The number of nitrogens with one attached hydrogen (secondary N) is 2. The van der Waals surface area contributed by atoms with Crippen LogP contribution in [0.4, 0.5) is 0 Å². The molecule has 0 radical (unpaired) electrons. The fourth-order valence-corrected chi connectivity index (χ4v) is 5.84. The molecule has 0 unspecified atom stereocenters. The molecule has 3 aliphatic heterocycles. The number of aryl methyl sites for hydroxylation is 1. The highest BCUT2D eigenvalue weighted by Crippen LogP contribution is 2.32. The third-order valence-corrected chi connectivity index (χ3v) is 8.41. The number of benzene rings is 4. The number of nitrogens with zero attached hydrogens (tertiary/aromatic N) is 1. The zero-order valence-corrected chi connectivity index (χ0v) is 26.8. The molecule has 0 aromatic heterocycles. The highest BCUT2D eigenvalue weighted by atomic mass is 16.5. The van der Waals surface area contributed by atoms with E-state index in [0.717, 1.165) is 22.3 Å². The lowest BCUT2D eigenvalue weighted by Gasteiger charge is -2.23. The van der Waals surface area contributed by atoms with Crippen LogP contribution in [0.3, 0.4) is 0 Å². The summed E-state index contributed by atoms with van der Waals surface area (Å²) < 4.78 is 22.7. The Hall–Kier alpha value is -5.84. The van der Waals surface area contributed by atoms with E-state index in [1.165, 1.54) is 20.3 Å². The molecule has 2 atom stereocenters. The van der Waals surface area contributed by atoms with E-state index in [1.54, 1.807) is 53.4 Å². The molecule has 3 aliphatic rings. The third-order valence-electron chi connectivity index (χ3n) is 8.41. The van der Waals surface area contributed by atoms with Gasteiger partial charge in [0.1, 0.15) is 11.9 Å². The van der Waals surface area contributed by atoms with Crippen molar-refractivity contribution in [3.8, 4) is 28.4 Å². The maximum absolute atomic E-state index is 13.8. The Morgan fingerprint density at radius 3 is 2.50 bits per heavy atom. The SMILES string of the molecule is COC(=O)c1cccc(C(=O)N2C[C@@H]3NC(=O)c4ccc(C)c(c4)-c4cccc(c4)OCC(=O)NCc4ccc(c(OC)c4)O[C@H]3C2)c1. The average Bonchev–Trinajstić information content (AvgIpc) is 3.50. The van der Waals surface area contributed by atoms with Crippen LogP contribution in [0.5, 0.6) is 17.2 Å². The lowest BCUT2D eigenvalue weighted by atomic mass is 9.97. The topological polar surface area (TPSA) is 133 Å². The van der Waals surface area contributed by atoms with Crippen molar-refractivity contribution in [2.75, 3.05) is 33.9 Å². The van der Waals surface area contributed by atoms with E-state index < -0.39 is 18.1 Å². The molecule has 1 fully saturated rings. The van der Waals surface area contributed by atoms with Gasteiger partial charge in [-0.3, -0.25) is 14.4 Å². The summed E-state index contributed by atoms with van der Waals surface area (Å²) in [5.74, 6) is -0.150. The zero-order valence-electron chi connectivity index (χ0n) is 26.8. The summed E-state index contributed by atoms with van der Waals surface area (Å²) in [5.41, 5.74) is 4.37. The summed E-state index contributed by atoms with van der Waals surface area (Å²) in [6.07, 6.45) is -0.648. The highest BCUT2D eigenvalue weighted by Gasteiger charge is 2.39. The molecule has 4 aromatic rings. The van der Waals surface area contributed by atoms with Gasteiger partial charge >= 0.3 is 5.97 Å². The van der Waals surface area contributed by atoms with Gasteiger partial charge in [0.05, 0.1) is 32.4 Å². The Morgan fingerprint density at radius 1 is 0.875 bits per heavy atom. The monoisotopic (exact) mass is 649 g/mol. The minimum atomic E-state index is -0.648. The maximum Gasteiger partial charge on any atom is 0.337 e. The second-order valence-electron chi connectivity index (χ2n) is 11.6. The van der Waals surface area contributed by atoms with Crippen molar-refractivity contribution >= 4 is 23.7 Å². The van der Waals surface area contributed by atoms with Gasteiger partial charge in [0.15, 0.2) is 18.1 Å². The second kappa shape index (κ2) is 13.9. The van der Waals surface area contributed by atoms with Crippen LogP contribution in [0.1, 0.15) is 42.2 Å². The Kier molecular flexibility index (Phi) is 9.29. The number of carbonyl (C=O) groups excluding carboxylic acids is 4. The predicted molar refractivity (Wildman–Crippen MR) is 176 cm³/mol. The van der Waals surface area contributed by atoms with Crippen LogP contribution in [0.15, 0.2) is 84.9 Å². The maximum atomic E-state index is 13.8. The number of fused-ring (bicyclic) bond motifs is 7. The number of carbonyl (C=O) groups is 4. The largest absolute Gasteiger partial charge is 0.493 e. The van der Waals surface area contributed by atoms with E-state index in [1.807, 2.05) is 37.3 Å². The molecule has 1 saturated heterocycles. The molecule has 0 saturated carbocycles. The van der Waals surface area contributed by atoms with E-state index in [0.29, 0.717) is 28.4 Å². The molecule has 7 rings (SSSR count). The van der Waals surface area contributed by atoms with Crippen LogP contribution in [0, 0.1) is 6.92 Å². The number of amides is 3. The molecule has 2 N–H and O–H groups in total. The van der Waals surface area contributed by atoms with Crippen molar-refractivity contribution in [3.05, 3.63) is 113 Å². The first-order valence-corrected chi connectivity index (χ1v) is 15.4. The van der Waals surface area contributed by atoms with E-state index >= 15 is 0 Å². The van der Waals surface area contributed by atoms with E-state index in [2.05, 4.69) is 10.6 Å². The molecule has 0 aliphatic carbocycles. The average molecular weight is 650 g/mol. The Labute approximate surface area is 277 Å². The molecule has 246 valence electrons. The molecule has 48 heavy (non-hydrogen) atoms. The Balaban J connectivity index is 1.35. The standard InChI is InChI=1S/C37H35N3O8/c1-22-10-12-25-17-29(22)24-6-5-9-28(16-24)47-21-34(41)38-18-23-11-13-31(32(14-23)45-2)48-33-20-40(19-30(33)39-35(25)42)36(43)26-7-4-8-27(15-26)37(44)46-3/h4-17,30,33H,18-21H2,1-3H3,(H,38,41)(H,39,42)/t30-,33-/m0/s1. The molecule has 3 amide bonds. The van der Waals surface area contributed by atoms with Crippen molar-refractivity contribution < 1.29 is 38.1 Å². The van der Waals surface area contributed by atoms with Crippen LogP contribution >= 0.6 is 0 Å². The second-order valence-corrected chi connectivity index (χ2v) is 11.6. The zero-order chi connectivity index (χ0) is 33.8. The van der Waals surface area contributed by atoms with Crippen molar-refractivity contribution in [1.82, 2.24) is 15.5 Å². The number of hydrogen-bond donors (Lipinski definition) is 2. The van der Waals surface area contributed by atoms with Crippen molar-refractivity contribution in [2.24, 2.45) is 0 Å². The minimum Gasteiger partial charge on any atom is -0.493 e. The van der Waals surface area contributed by atoms with Gasteiger partial charge in [0, 0.05) is 24.2 Å². The van der Waals surface area contributed by atoms with Gasteiger partial charge in [0.25, 0.3) is 17.7 Å². The lowest BCUT2D eigenvalue weighted by molar-refractivity contribution is -0.123. The van der Waals surface area contributed by atoms with Gasteiger partial charge in [-0.15, -0.1) is 0 Å². The summed E-state index contributed by atoms with van der Waals surface area (Å²) in [5, 5.41) is 5.96. The first kappa shape index (κ1) is 32.1. The van der Waals surface area contributed by atoms with Gasteiger partial charge in [-0.25, -0.2) is 4.79 Å². The number of esters is 1. The summed E-state index contributed by atoms with van der Waals surface area (Å²) >= 11 is 0. The molecule has 3 heterocycles. The van der Waals surface area contributed by atoms with Gasteiger partial charge in [-0.2, -0.15) is 0 Å². The Bertz CT molecular complexity index is 1890. The molecular weight excluding hydrogens is 614 g/mol. The lowest BCUT2D eigenvalue weighted by Crippen LogP contribution is -2.45. The number of ether oxygens (including phenoxy) is 4. The fourth-order valence-electron chi connectivity index (χ4n) is 5.84. The van der Waals surface area contributed by atoms with Crippen molar-refractivity contribution in [2.45, 2.75) is 25.6 Å². The van der Waals surface area contributed by atoms with Crippen LogP contribution in [0.2, 0.25) is 0 Å². The van der Waals surface area contributed by atoms with Crippen LogP contribution in [-0.4, -0.2) is 74.7 Å². The van der Waals surface area contributed by atoms with Gasteiger partial charge < -0.3 is 34.5 Å². The van der Waals surface area contributed by atoms with Crippen LogP contribution in [0.25, 0.3) is 11.1 Å². The van der Waals surface area contributed by atoms with Crippen molar-refractivity contribution in [3.63, 3.8) is 0 Å². The number of methoxy groups -OCH3 is 2. The first-order valence-electron chi connectivity index (χ1n) is 15.4. The molecule has 4 aromatic carbocycles. The van der Waals surface area contributed by atoms with E-state index in [4.69, 9.17) is 18.9 Å². The number of likely N-dealkylation sites (tertiary alicyclic amines) is 1. The molecule has 11 nitrogen and oxygen atoms in total. The fraction of sp³-hybridized carbons (Fsp3) is 0.243. The van der Waals surface area contributed by atoms with Crippen LogP contribution < -0.4 is 24.8 Å². The quantitative estimate of drug-likeness (QED) is 0.316. The summed E-state index contributed by atoms with van der Waals surface area (Å²) in [7, 11) is 2.79. The van der Waals surface area contributed by atoms with Crippen LogP contribution in [-0.2, 0) is 16.1 Å². The van der Waals surface area contributed by atoms with E-state index in [-0.39, 0.29) is 49.5 Å². The third kappa shape index (κ3) is 6.95. The minimum absolute atomic E-state index is 0.152. The Morgan fingerprint density at radius 2 is 1.69 bits per heavy atom. The van der Waals surface area contributed by atoms with Gasteiger partial charge in [-0.1, -0.05) is 30.3 Å². The predicted octanol–water partition coefficient (Wildman–Crippen LogP) is 4.17. The highest BCUT2D eigenvalue weighted by molar-refractivity contribution is 5.99. The number of hydrogen-bond acceptors (Lipinski definition) is 8. The molecular formula is C37H35N3O8. The molecule has 6 bridgehead atoms. The van der Waals surface area contributed by atoms with Gasteiger partial charge in [0.2, 0.25) is 0 Å².